The van der Waals surface area contributed by atoms with Crippen molar-refractivity contribution in [1.29, 1.82) is 5.26 Å². The Labute approximate surface area is 120 Å². The Hall–Kier alpha value is -2.58. The average molecular weight is 289 g/mol. The Morgan fingerprint density at radius 1 is 1.35 bits per heavy atom. The minimum atomic E-state index is -0.478. The third-order valence-corrected chi connectivity index (χ3v) is 2.85. The number of halogens is 1. The second-order valence-corrected chi connectivity index (χ2v) is 4.09. The van der Waals surface area contributed by atoms with Crippen LogP contribution in [0.15, 0.2) is 36.5 Å². The number of nitriles is 1. The van der Waals surface area contributed by atoms with E-state index in [1.807, 2.05) is 6.07 Å². The van der Waals surface area contributed by atoms with Gasteiger partial charge in [0.15, 0.2) is 0 Å². The van der Waals surface area contributed by atoms with Crippen LogP contribution in [0.2, 0.25) is 5.02 Å². The molecule has 0 saturated carbocycles. The van der Waals surface area contributed by atoms with Crippen LogP contribution in [0.1, 0.15) is 15.9 Å². The van der Waals surface area contributed by atoms with Crippen molar-refractivity contribution >= 4 is 17.6 Å². The van der Waals surface area contributed by atoms with E-state index in [-0.39, 0.29) is 10.9 Å². The van der Waals surface area contributed by atoms with E-state index in [4.69, 9.17) is 21.6 Å². The van der Waals surface area contributed by atoms with Crippen LogP contribution in [-0.2, 0) is 4.74 Å². The fraction of sp³-hybridized carbons (Fsp3) is 0.0714. The molecule has 1 aromatic carbocycles. The number of methoxy groups -OCH3 is 1. The van der Waals surface area contributed by atoms with Crippen molar-refractivity contribution in [2.75, 3.05) is 7.11 Å². The van der Waals surface area contributed by atoms with Gasteiger partial charge in [-0.05, 0) is 18.2 Å². The highest BCUT2D eigenvalue weighted by molar-refractivity contribution is 6.33. The number of rotatable bonds is 3. The fourth-order valence-corrected chi connectivity index (χ4v) is 1.67. The molecule has 0 spiro atoms. The molecule has 0 bridgehead atoms. The van der Waals surface area contributed by atoms with Crippen molar-refractivity contribution < 1.29 is 14.3 Å². The number of ether oxygens (including phenoxy) is 2. The second-order valence-electron chi connectivity index (χ2n) is 3.71. The molecule has 20 heavy (non-hydrogen) atoms. The molecule has 5 nitrogen and oxygen atoms in total. The number of nitrogens with zero attached hydrogens (tertiary/aromatic N) is 2. The van der Waals surface area contributed by atoms with E-state index in [2.05, 4.69) is 9.72 Å². The van der Waals surface area contributed by atoms with Crippen LogP contribution >= 0.6 is 11.6 Å². The Morgan fingerprint density at radius 3 is 2.75 bits per heavy atom. The second kappa shape index (κ2) is 6.04. The van der Waals surface area contributed by atoms with Crippen LogP contribution in [0.3, 0.4) is 0 Å². The lowest BCUT2D eigenvalue weighted by molar-refractivity contribution is 0.0600. The number of carbonyl (C=O) groups is 1. The van der Waals surface area contributed by atoms with Gasteiger partial charge < -0.3 is 9.47 Å². The van der Waals surface area contributed by atoms with Crippen LogP contribution in [0.4, 0.5) is 0 Å². The zero-order chi connectivity index (χ0) is 14.5. The van der Waals surface area contributed by atoms with E-state index in [0.29, 0.717) is 16.9 Å². The van der Waals surface area contributed by atoms with Gasteiger partial charge in [0.2, 0.25) is 5.88 Å². The van der Waals surface area contributed by atoms with E-state index in [9.17, 15) is 4.79 Å². The largest absolute Gasteiger partial charge is 0.465 e. The standard InChI is InChI=1S/C14H9ClN2O3/c1-19-14(18)10-5-6-12(17-8-10)20-11-4-2-3-9(7-16)13(11)15/h2-6,8H,1H3. The number of aromatic nitrogens is 1. The highest BCUT2D eigenvalue weighted by Crippen LogP contribution is 2.30. The third kappa shape index (κ3) is 2.87. The minimum absolute atomic E-state index is 0.217. The maximum Gasteiger partial charge on any atom is 0.339 e. The Kier molecular flexibility index (Phi) is 4.18. The van der Waals surface area contributed by atoms with E-state index in [1.165, 1.54) is 25.4 Å². The maximum absolute atomic E-state index is 11.3. The smallest absolute Gasteiger partial charge is 0.339 e. The molecule has 1 aromatic heterocycles. The molecule has 1 heterocycles. The summed E-state index contributed by atoms with van der Waals surface area (Å²) in [6.07, 6.45) is 1.34. The van der Waals surface area contributed by atoms with Crippen LogP contribution in [-0.4, -0.2) is 18.1 Å². The van der Waals surface area contributed by atoms with Gasteiger partial charge in [-0.25, -0.2) is 9.78 Å². The Bertz CT molecular complexity index is 678. The molecule has 0 aliphatic rings. The van der Waals surface area contributed by atoms with Gasteiger partial charge in [0.1, 0.15) is 16.8 Å². The number of esters is 1. The first-order chi connectivity index (χ1) is 9.65. The first-order valence-electron chi connectivity index (χ1n) is 5.56. The predicted molar refractivity (Wildman–Crippen MR) is 71.8 cm³/mol. The molecule has 0 radical (unpaired) electrons. The van der Waals surface area contributed by atoms with Crippen molar-refractivity contribution in [2.24, 2.45) is 0 Å². The SMILES string of the molecule is COC(=O)c1ccc(Oc2cccc(C#N)c2Cl)nc1. The first kappa shape index (κ1) is 13.8. The van der Waals surface area contributed by atoms with Gasteiger partial charge in [-0.3, -0.25) is 0 Å². The topological polar surface area (TPSA) is 72.2 Å². The van der Waals surface area contributed by atoms with Gasteiger partial charge in [0.25, 0.3) is 0 Å². The fourth-order valence-electron chi connectivity index (χ4n) is 1.47. The van der Waals surface area contributed by atoms with Crippen molar-refractivity contribution in [3.05, 3.63) is 52.7 Å². The molecule has 0 atom stereocenters. The monoisotopic (exact) mass is 288 g/mol. The lowest BCUT2D eigenvalue weighted by Gasteiger charge is -2.07. The summed E-state index contributed by atoms with van der Waals surface area (Å²) < 4.78 is 10.0. The molecule has 6 heteroatoms. The summed E-state index contributed by atoms with van der Waals surface area (Å²) in [5, 5.41) is 9.09. The zero-order valence-corrected chi connectivity index (χ0v) is 11.2. The summed E-state index contributed by atoms with van der Waals surface area (Å²) in [5.41, 5.74) is 0.632. The van der Waals surface area contributed by atoms with Crippen LogP contribution < -0.4 is 4.74 Å². The summed E-state index contributed by atoms with van der Waals surface area (Å²) in [6.45, 7) is 0. The predicted octanol–water partition coefficient (Wildman–Crippen LogP) is 3.19. The van der Waals surface area contributed by atoms with Gasteiger partial charge in [0.05, 0.1) is 18.2 Å². The zero-order valence-electron chi connectivity index (χ0n) is 10.5. The lowest BCUT2D eigenvalue weighted by atomic mass is 10.2. The van der Waals surface area contributed by atoms with E-state index < -0.39 is 5.97 Å². The third-order valence-electron chi connectivity index (χ3n) is 2.46. The van der Waals surface area contributed by atoms with Gasteiger partial charge in [0, 0.05) is 12.3 Å². The first-order valence-corrected chi connectivity index (χ1v) is 5.94. The van der Waals surface area contributed by atoms with Crippen LogP contribution in [0.25, 0.3) is 0 Å². The summed E-state index contributed by atoms with van der Waals surface area (Å²) in [7, 11) is 1.29. The number of hydrogen-bond acceptors (Lipinski definition) is 5. The number of hydrogen-bond donors (Lipinski definition) is 0. The van der Waals surface area contributed by atoms with Crippen LogP contribution in [0.5, 0.6) is 11.6 Å². The summed E-state index contributed by atoms with van der Waals surface area (Å²) in [6, 6.07) is 9.86. The van der Waals surface area contributed by atoms with Crippen molar-refractivity contribution in [3.63, 3.8) is 0 Å². The molecule has 2 rings (SSSR count). The average Bonchev–Trinajstić information content (AvgIpc) is 2.49. The number of carbonyl (C=O) groups excluding carboxylic acids is 1. The molecular weight excluding hydrogens is 280 g/mol. The van der Waals surface area contributed by atoms with Gasteiger partial charge in [-0.2, -0.15) is 5.26 Å². The number of benzene rings is 1. The van der Waals surface area contributed by atoms with Crippen molar-refractivity contribution in [2.45, 2.75) is 0 Å². The quantitative estimate of drug-likeness (QED) is 0.811. The molecule has 100 valence electrons. The van der Waals surface area contributed by atoms with E-state index in [1.54, 1.807) is 18.2 Å². The highest BCUT2D eigenvalue weighted by Gasteiger charge is 2.10. The molecule has 0 N–H and O–H groups in total. The minimum Gasteiger partial charge on any atom is -0.465 e. The van der Waals surface area contributed by atoms with Gasteiger partial charge in [-0.15, -0.1) is 0 Å². The highest BCUT2D eigenvalue weighted by atomic mass is 35.5. The van der Waals surface area contributed by atoms with E-state index in [0.717, 1.165) is 0 Å². The molecule has 0 amide bonds. The summed E-state index contributed by atoms with van der Waals surface area (Å²) >= 11 is 6.01. The Morgan fingerprint density at radius 2 is 2.15 bits per heavy atom. The maximum atomic E-state index is 11.3. The molecule has 2 aromatic rings. The summed E-state index contributed by atoms with van der Waals surface area (Å²) in [5.74, 6) is 0.104. The van der Waals surface area contributed by atoms with Crippen molar-refractivity contribution in [3.8, 4) is 17.7 Å². The Balaban J connectivity index is 2.23. The molecule has 0 unspecified atom stereocenters. The normalized spacial score (nSPS) is 9.65. The lowest BCUT2D eigenvalue weighted by Crippen LogP contribution is -2.01. The molecule has 0 fully saturated rings. The summed E-state index contributed by atoms with van der Waals surface area (Å²) in [4.78, 5) is 15.2. The van der Waals surface area contributed by atoms with E-state index >= 15 is 0 Å². The molecule has 0 saturated heterocycles. The van der Waals surface area contributed by atoms with Crippen LogP contribution in [0, 0.1) is 11.3 Å². The molecule has 0 aliphatic heterocycles. The molecule has 0 aliphatic carbocycles. The van der Waals surface area contributed by atoms with Crippen molar-refractivity contribution in [1.82, 2.24) is 4.98 Å². The number of pyridine rings is 1. The van der Waals surface area contributed by atoms with Gasteiger partial charge in [-0.1, -0.05) is 17.7 Å². The molecular formula is C14H9ClN2O3. The van der Waals surface area contributed by atoms with Gasteiger partial charge >= 0.3 is 5.97 Å².